The van der Waals surface area contributed by atoms with Crippen molar-refractivity contribution in [3.63, 3.8) is 0 Å². The lowest BCUT2D eigenvalue weighted by Gasteiger charge is -2.31. The van der Waals surface area contributed by atoms with E-state index in [1.807, 2.05) is 12.1 Å². The minimum absolute atomic E-state index is 0.0412. The van der Waals surface area contributed by atoms with E-state index in [0.717, 1.165) is 43.3 Å². The van der Waals surface area contributed by atoms with Gasteiger partial charge in [-0.25, -0.2) is 0 Å². The van der Waals surface area contributed by atoms with Gasteiger partial charge >= 0.3 is 0 Å². The van der Waals surface area contributed by atoms with E-state index in [2.05, 4.69) is 28.5 Å². The number of amides is 1. The van der Waals surface area contributed by atoms with Crippen molar-refractivity contribution in [2.75, 3.05) is 6.54 Å². The molecule has 1 saturated carbocycles. The molecule has 1 aliphatic carbocycles. The van der Waals surface area contributed by atoms with E-state index in [0.29, 0.717) is 6.54 Å². The van der Waals surface area contributed by atoms with E-state index in [-0.39, 0.29) is 12.3 Å². The molecule has 118 valence electrons. The maximum Gasteiger partial charge on any atom is 0.222 e. The third kappa shape index (κ3) is 3.69. The summed E-state index contributed by atoms with van der Waals surface area (Å²) in [7, 11) is 0. The molecular weight excluding hydrogens is 276 g/mol. The first kappa shape index (κ1) is 15.1. The number of carbonyl (C=O) groups excluding carboxylic acids is 1. The second-order valence-electron chi connectivity index (χ2n) is 6.44. The molecular formula is C18H24N2O2. The van der Waals surface area contributed by atoms with Crippen molar-refractivity contribution in [3.05, 3.63) is 36.0 Å². The standard InChI is InChI=1S/C18H24N2O2/c21-17(13-18(22)9-4-1-5-10-18)19-11-8-15-12-14-6-2-3-7-16(14)20-15/h2-3,6-7,12,20,22H,1,4-5,8-11,13H2,(H,19,21). The number of hydrogen-bond donors (Lipinski definition) is 3. The normalized spacial score (nSPS) is 17.5. The Labute approximate surface area is 130 Å². The molecule has 4 nitrogen and oxygen atoms in total. The smallest absolute Gasteiger partial charge is 0.222 e. The summed E-state index contributed by atoms with van der Waals surface area (Å²) in [6.07, 6.45) is 5.74. The monoisotopic (exact) mass is 300 g/mol. The summed E-state index contributed by atoms with van der Waals surface area (Å²) < 4.78 is 0. The summed E-state index contributed by atoms with van der Waals surface area (Å²) in [4.78, 5) is 15.4. The summed E-state index contributed by atoms with van der Waals surface area (Å²) in [5, 5.41) is 14.5. The Hall–Kier alpha value is -1.81. The van der Waals surface area contributed by atoms with Crippen LogP contribution < -0.4 is 5.32 Å². The van der Waals surface area contributed by atoms with Crippen LogP contribution in [0, 0.1) is 0 Å². The number of aliphatic hydroxyl groups is 1. The maximum absolute atomic E-state index is 12.0. The van der Waals surface area contributed by atoms with Crippen LogP contribution in [0.25, 0.3) is 10.9 Å². The van der Waals surface area contributed by atoms with Gasteiger partial charge in [-0.15, -0.1) is 0 Å². The van der Waals surface area contributed by atoms with Crippen molar-refractivity contribution < 1.29 is 9.90 Å². The highest BCUT2D eigenvalue weighted by Crippen LogP contribution is 2.30. The minimum Gasteiger partial charge on any atom is -0.389 e. The Morgan fingerprint density at radius 3 is 2.77 bits per heavy atom. The topological polar surface area (TPSA) is 65.1 Å². The average molecular weight is 300 g/mol. The van der Waals surface area contributed by atoms with Gasteiger partial charge in [0.1, 0.15) is 0 Å². The SMILES string of the molecule is O=C(CC1(O)CCCCC1)NCCc1cc2ccccc2[nH]1. The van der Waals surface area contributed by atoms with Crippen molar-refractivity contribution in [3.8, 4) is 0 Å². The third-order valence-corrected chi connectivity index (χ3v) is 4.58. The van der Waals surface area contributed by atoms with Crippen LogP contribution in [-0.2, 0) is 11.2 Å². The van der Waals surface area contributed by atoms with Gasteiger partial charge in [-0.05, 0) is 30.4 Å². The highest BCUT2D eigenvalue weighted by molar-refractivity contribution is 5.80. The first-order valence-corrected chi connectivity index (χ1v) is 8.20. The van der Waals surface area contributed by atoms with Crippen LogP contribution in [0.1, 0.15) is 44.2 Å². The second kappa shape index (κ2) is 6.53. The van der Waals surface area contributed by atoms with E-state index >= 15 is 0 Å². The number of aromatic amines is 1. The predicted octanol–water partition coefficient (Wildman–Crippen LogP) is 2.91. The van der Waals surface area contributed by atoms with E-state index < -0.39 is 5.60 Å². The van der Waals surface area contributed by atoms with E-state index in [9.17, 15) is 9.90 Å². The molecule has 2 aromatic rings. The lowest BCUT2D eigenvalue weighted by molar-refractivity contribution is -0.127. The molecule has 0 unspecified atom stereocenters. The van der Waals surface area contributed by atoms with Crippen molar-refractivity contribution in [2.45, 2.75) is 50.5 Å². The van der Waals surface area contributed by atoms with Gasteiger partial charge in [-0.1, -0.05) is 37.5 Å². The highest BCUT2D eigenvalue weighted by Gasteiger charge is 2.31. The Bertz CT molecular complexity index is 608. The molecule has 0 spiro atoms. The summed E-state index contributed by atoms with van der Waals surface area (Å²) in [6, 6.07) is 10.3. The molecule has 3 rings (SSSR count). The zero-order chi connectivity index (χ0) is 15.4. The average Bonchev–Trinajstić information content (AvgIpc) is 2.90. The summed E-state index contributed by atoms with van der Waals surface area (Å²) in [6.45, 7) is 0.599. The van der Waals surface area contributed by atoms with Crippen LogP contribution in [0.15, 0.2) is 30.3 Å². The fraction of sp³-hybridized carbons (Fsp3) is 0.500. The second-order valence-corrected chi connectivity index (χ2v) is 6.44. The zero-order valence-corrected chi connectivity index (χ0v) is 12.9. The van der Waals surface area contributed by atoms with Gasteiger partial charge in [0, 0.05) is 24.2 Å². The first-order valence-electron chi connectivity index (χ1n) is 8.20. The summed E-state index contributed by atoms with van der Waals surface area (Å²) >= 11 is 0. The summed E-state index contributed by atoms with van der Waals surface area (Å²) in [5.74, 6) is -0.0412. The number of nitrogens with one attached hydrogen (secondary N) is 2. The number of aromatic nitrogens is 1. The molecule has 0 radical (unpaired) electrons. The van der Waals surface area contributed by atoms with Crippen LogP contribution in [0.2, 0.25) is 0 Å². The number of benzene rings is 1. The van der Waals surface area contributed by atoms with Gasteiger partial charge in [0.15, 0.2) is 0 Å². The molecule has 0 saturated heterocycles. The van der Waals surface area contributed by atoms with Crippen LogP contribution in [0.3, 0.4) is 0 Å². The van der Waals surface area contributed by atoms with Gasteiger partial charge in [-0.3, -0.25) is 4.79 Å². The molecule has 1 amide bonds. The molecule has 1 aromatic carbocycles. The van der Waals surface area contributed by atoms with E-state index in [4.69, 9.17) is 0 Å². The lowest BCUT2D eigenvalue weighted by atomic mass is 9.82. The molecule has 4 heteroatoms. The molecule has 1 aromatic heterocycles. The fourth-order valence-corrected chi connectivity index (χ4v) is 3.35. The molecule has 1 fully saturated rings. The molecule has 1 heterocycles. The van der Waals surface area contributed by atoms with Crippen LogP contribution in [-0.4, -0.2) is 28.1 Å². The fourth-order valence-electron chi connectivity index (χ4n) is 3.35. The highest BCUT2D eigenvalue weighted by atomic mass is 16.3. The lowest BCUT2D eigenvalue weighted by Crippen LogP contribution is -2.38. The van der Waals surface area contributed by atoms with Crippen LogP contribution in [0.5, 0.6) is 0 Å². The Kier molecular flexibility index (Phi) is 4.48. The molecule has 22 heavy (non-hydrogen) atoms. The number of rotatable bonds is 5. The number of H-pyrrole nitrogens is 1. The predicted molar refractivity (Wildman–Crippen MR) is 87.7 cm³/mol. The summed E-state index contributed by atoms with van der Waals surface area (Å²) in [5.41, 5.74) is 1.47. The molecule has 1 aliphatic rings. The molecule has 0 aliphatic heterocycles. The Balaban J connectivity index is 1.47. The first-order chi connectivity index (χ1) is 10.6. The van der Waals surface area contributed by atoms with Crippen molar-refractivity contribution >= 4 is 16.8 Å². The van der Waals surface area contributed by atoms with Gasteiger partial charge < -0.3 is 15.4 Å². The zero-order valence-electron chi connectivity index (χ0n) is 12.9. The van der Waals surface area contributed by atoms with Crippen molar-refractivity contribution in [2.24, 2.45) is 0 Å². The Morgan fingerprint density at radius 2 is 2.00 bits per heavy atom. The number of fused-ring (bicyclic) bond motifs is 1. The third-order valence-electron chi connectivity index (χ3n) is 4.58. The van der Waals surface area contributed by atoms with E-state index in [1.54, 1.807) is 0 Å². The quantitative estimate of drug-likeness (QED) is 0.795. The van der Waals surface area contributed by atoms with Crippen LogP contribution in [0.4, 0.5) is 0 Å². The van der Waals surface area contributed by atoms with Gasteiger partial charge in [0.05, 0.1) is 12.0 Å². The number of para-hydroxylation sites is 1. The van der Waals surface area contributed by atoms with Gasteiger partial charge in [-0.2, -0.15) is 0 Å². The van der Waals surface area contributed by atoms with E-state index in [1.165, 1.54) is 11.8 Å². The minimum atomic E-state index is -0.774. The maximum atomic E-state index is 12.0. The van der Waals surface area contributed by atoms with Crippen LogP contribution >= 0.6 is 0 Å². The van der Waals surface area contributed by atoms with Crippen molar-refractivity contribution in [1.82, 2.24) is 10.3 Å². The van der Waals surface area contributed by atoms with Gasteiger partial charge in [0.25, 0.3) is 0 Å². The number of carbonyl (C=O) groups is 1. The largest absolute Gasteiger partial charge is 0.389 e. The number of hydrogen-bond acceptors (Lipinski definition) is 2. The Morgan fingerprint density at radius 1 is 1.23 bits per heavy atom. The van der Waals surface area contributed by atoms with Gasteiger partial charge in [0.2, 0.25) is 5.91 Å². The molecule has 0 atom stereocenters. The van der Waals surface area contributed by atoms with Crippen molar-refractivity contribution in [1.29, 1.82) is 0 Å². The molecule has 3 N–H and O–H groups in total. The molecule has 0 bridgehead atoms.